The third-order valence-corrected chi connectivity index (χ3v) is 3.80. The molecule has 0 aromatic heterocycles. The lowest BCUT2D eigenvalue weighted by Crippen LogP contribution is -2.43. The van der Waals surface area contributed by atoms with Gasteiger partial charge in [-0.2, -0.15) is 0 Å². The molecule has 2 N–H and O–H groups in total. The summed E-state index contributed by atoms with van der Waals surface area (Å²) in [7, 11) is 0. The van der Waals surface area contributed by atoms with E-state index in [2.05, 4.69) is 32.2 Å². The minimum Gasteiger partial charge on any atom is -0.481 e. The third-order valence-electron chi connectivity index (χ3n) is 3.80. The van der Waals surface area contributed by atoms with Crippen molar-refractivity contribution in [1.82, 2.24) is 10.2 Å². The summed E-state index contributed by atoms with van der Waals surface area (Å²) in [6.45, 7) is 8.67. The molecule has 2 amide bonds. The average molecular weight is 296 g/mol. The molecule has 0 spiro atoms. The highest BCUT2D eigenvalue weighted by molar-refractivity contribution is 5.74. The Labute approximate surface area is 127 Å². The fourth-order valence-corrected chi connectivity index (χ4v) is 2.42. The van der Waals surface area contributed by atoms with Gasteiger partial charge in [0, 0.05) is 26.1 Å². The molecular formula is C16H28N2O3. The molecular weight excluding hydrogens is 268 g/mol. The number of carbonyl (C=O) groups is 2. The molecule has 0 saturated carbocycles. The van der Waals surface area contributed by atoms with Crippen molar-refractivity contribution in [2.75, 3.05) is 19.6 Å². The van der Waals surface area contributed by atoms with Crippen LogP contribution in [0.4, 0.5) is 4.79 Å². The monoisotopic (exact) mass is 296 g/mol. The van der Waals surface area contributed by atoms with Gasteiger partial charge >= 0.3 is 12.0 Å². The van der Waals surface area contributed by atoms with E-state index in [1.54, 1.807) is 0 Å². The zero-order chi connectivity index (χ0) is 15.9. The van der Waals surface area contributed by atoms with Crippen LogP contribution in [0.2, 0.25) is 0 Å². The highest BCUT2D eigenvalue weighted by Gasteiger charge is 2.23. The van der Waals surface area contributed by atoms with Crippen LogP contribution < -0.4 is 5.32 Å². The van der Waals surface area contributed by atoms with Crippen molar-refractivity contribution in [1.29, 1.82) is 0 Å². The van der Waals surface area contributed by atoms with Crippen molar-refractivity contribution < 1.29 is 14.7 Å². The molecule has 5 heteroatoms. The number of nitrogens with one attached hydrogen (secondary N) is 1. The minimum atomic E-state index is -0.756. The minimum absolute atomic E-state index is 0.0163. The number of nitrogens with zero attached hydrogens (tertiary/aromatic N) is 1. The average Bonchev–Trinajstić information content (AvgIpc) is 2.41. The molecule has 0 atom stereocenters. The van der Waals surface area contributed by atoms with Crippen molar-refractivity contribution in [3.63, 3.8) is 0 Å². The number of carboxylic acids is 1. The zero-order valence-electron chi connectivity index (χ0n) is 13.4. The smallest absolute Gasteiger partial charge is 0.317 e. The molecule has 0 bridgehead atoms. The van der Waals surface area contributed by atoms with Gasteiger partial charge in [0.1, 0.15) is 0 Å². The van der Waals surface area contributed by atoms with Crippen LogP contribution in [0.1, 0.15) is 52.9 Å². The first kappa shape index (κ1) is 17.5. The SMILES string of the molecule is CC(C)(C)C1=CCN(C(=O)NCCCCCC(=O)O)CC1. The first-order valence-corrected chi connectivity index (χ1v) is 7.75. The van der Waals surface area contributed by atoms with Gasteiger partial charge in [-0.3, -0.25) is 4.79 Å². The van der Waals surface area contributed by atoms with Gasteiger partial charge in [0.15, 0.2) is 0 Å². The van der Waals surface area contributed by atoms with Crippen molar-refractivity contribution in [3.8, 4) is 0 Å². The quantitative estimate of drug-likeness (QED) is 0.584. The third kappa shape index (κ3) is 6.65. The molecule has 0 aromatic carbocycles. The molecule has 1 aliphatic rings. The number of hydrogen-bond donors (Lipinski definition) is 2. The van der Waals surface area contributed by atoms with Gasteiger partial charge in [0.2, 0.25) is 0 Å². The Morgan fingerprint density at radius 1 is 1.29 bits per heavy atom. The van der Waals surface area contributed by atoms with E-state index < -0.39 is 5.97 Å². The predicted molar refractivity (Wildman–Crippen MR) is 83.2 cm³/mol. The van der Waals surface area contributed by atoms with Crippen molar-refractivity contribution >= 4 is 12.0 Å². The number of carboxylic acid groups (broad SMARTS) is 1. The van der Waals surface area contributed by atoms with E-state index >= 15 is 0 Å². The molecule has 21 heavy (non-hydrogen) atoms. The van der Waals surface area contributed by atoms with Crippen LogP contribution in [0, 0.1) is 5.41 Å². The Kier molecular flexibility index (Phi) is 6.72. The second-order valence-electron chi connectivity index (χ2n) is 6.61. The zero-order valence-corrected chi connectivity index (χ0v) is 13.4. The van der Waals surface area contributed by atoms with Crippen LogP contribution in [0.3, 0.4) is 0 Å². The number of carbonyl (C=O) groups excluding carboxylic acids is 1. The summed E-state index contributed by atoms with van der Waals surface area (Å²) in [6, 6.07) is -0.0163. The topological polar surface area (TPSA) is 69.6 Å². The second kappa shape index (κ2) is 8.05. The van der Waals surface area contributed by atoms with Gasteiger partial charge in [-0.25, -0.2) is 4.79 Å². The molecule has 0 saturated heterocycles. The van der Waals surface area contributed by atoms with Crippen LogP contribution in [0.25, 0.3) is 0 Å². The second-order valence-corrected chi connectivity index (χ2v) is 6.61. The van der Waals surface area contributed by atoms with Crippen LogP contribution in [-0.2, 0) is 4.79 Å². The standard InChI is InChI=1S/C16H28N2O3/c1-16(2,3)13-8-11-18(12-9-13)15(21)17-10-6-4-5-7-14(19)20/h8H,4-7,9-12H2,1-3H3,(H,17,21)(H,19,20). The number of rotatable bonds is 6. The highest BCUT2D eigenvalue weighted by atomic mass is 16.4. The summed E-state index contributed by atoms with van der Waals surface area (Å²) in [6.07, 6.45) is 5.65. The van der Waals surface area contributed by atoms with E-state index in [4.69, 9.17) is 5.11 Å². The number of unbranched alkanes of at least 4 members (excludes halogenated alkanes) is 2. The molecule has 0 fully saturated rings. The molecule has 1 heterocycles. The molecule has 120 valence electrons. The first-order chi connectivity index (χ1) is 9.80. The Hall–Kier alpha value is -1.52. The fraction of sp³-hybridized carbons (Fsp3) is 0.750. The number of amides is 2. The maximum absolute atomic E-state index is 12.0. The van der Waals surface area contributed by atoms with Crippen molar-refractivity contribution in [2.24, 2.45) is 5.41 Å². The maximum atomic E-state index is 12.0. The van der Waals surface area contributed by atoms with Gasteiger partial charge in [0.05, 0.1) is 0 Å². The van der Waals surface area contributed by atoms with E-state index in [0.717, 1.165) is 25.8 Å². The summed E-state index contributed by atoms with van der Waals surface area (Å²) in [5.74, 6) is -0.756. The van der Waals surface area contributed by atoms with Crippen LogP contribution in [0.15, 0.2) is 11.6 Å². The van der Waals surface area contributed by atoms with Crippen LogP contribution in [0.5, 0.6) is 0 Å². The van der Waals surface area contributed by atoms with E-state index in [9.17, 15) is 9.59 Å². The fourth-order valence-electron chi connectivity index (χ4n) is 2.42. The van der Waals surface area contributed by atoms with Gasteiger partial charge in [-0.05, 0) is 24.7 Å². The van der Waals surface area contributed by atoms with E-state index in [1.165, 1.54) is 5.57 Å². The van der Waals surface area contributed by atoms with Crippen LogP contribution >= 0.6 is 0 Å². The summed E-state index contributed by atoms with van der Waals surface area (Å²) >= 11 is 0. The highest BCUT2D eigenvalue weighted by Crippen LogP contribution is 2.29. The molecule has 0 radical (unpaired) electrons. The number of urea groups is 1. The van der Waals surface area contributed by atoms with E-state index in [1.807, 2.05) is 4.90 Å². The summed E-state index contributed by atoms with van der Waals surface area (Å²) in [4.78, 5) is 24.2. The van der Waals surface area contributed by atoms with Crippen molar-refractivity contribution in [3.05, 3.63) is 11.6 Å². The molecule has 1 rings (SSSR count). The Balaban J connectivity index is 2.20. The maximum Gasteiger partial charge on any atom is 0.317 e. The van der Waals surface area contributed by atoms with E-state index in [-0.39, 0.29) is 17.9 Å². The number of hydrogen-bond acceptors (Lipinski definition) is 2. The summed E-state index contributed by atoms with van der Waals surface area (Å²) < 4.78 is 0. The van der Waals surface area contributed by atoms with Gasteiger partial charge < -0.3 is 15.3 Å². The van der Waals surface area contributed by atoms with Crippen LogP contribution in [-0.4, -0.2) is 41.6 Å². The molecule has 5 nitrogen and oxygen atoms in total. The molecule has 0 aliphatic carbocycles. The largest absolute Gasteiger partial charge is 0.481 e. The number of aliphatic carboxylic acids is 1. The Morgan fingerprint density at radius 2 is 2.00 bits per heavy atom. The predicted octanol–water partition coefficient (Wildman–Crippen LogP) is 3.02. The van der Waals surface area contributed by atoms with Gasteiger partial charge in [-0.1, -0.05) is 38.8 Å². The normalized spacial score (nSPS) is 15.6. The lowest BCUT2D eigenvalue weighted by Gasteiger charge is -2.32. The Bertz CT molecular complexity index is 397. The van der Waals surface area contributed by atoms with Crippen molar-refractivity contribution in [2.45, 2.75) is 52.9 Å². The lowest BCUT2D eigenvalue weighted by molar-refractivity contribution is -0.137. The van der Waals surface area contributed by atoms with E-state index in [0.29, 0.717) is 19.5 Å². The molecule has 0 aromatic rings. The molecule has 0 unspecified atom stereocenters. The summed E-state index contributed by atoms with van der Waals surface area (Å²) in [5.41, 5.74) is 1.60. The summed E-state index contributed by atoms with van der Waals surface area (Å²) in [5, 5.41) is 11.4. The molecule has 1 aliphatic heterocycles. The lowest BCUT2D eigenvalue weighted by atomic mass is 9.83. The first-order valence-electron chi connectivity index (χ1n) is 7.75. The van der Waals surface area contributed by atoms with Gasteiger partial charge in [0.25, 0.3) is 0 Å². The van der Waals surface area contributed by atoms with Gasteiger partial charge in [-0.15, -0.1) is 0 Å². The Morgan fingerprint density at radius 3 is 2.52 bits per heavy atom.